The number of nitrogens with zero attached hydrogens (tertiary/aromatic N) is 1. The van der Waals surface area contributed by atoms with Gasteiger partial charge in [0.25, 0.3) is 8.46 Å². The third-order valence-corrected chi connectivity index (χ3v) is 3.98. The van der Waals surface area contributed by atoms with Gasteiger partial charge in [-0.1, -0.05) is 15.9 Å². The van der Waals surface area contributed by atoms with Crippen molar-refractivity contribution in [2.75, 3.05) is 12.5 Å². The van der Waals surface area contributed by atoms with Crippen molar-refractivity contribution >= 4 is 39.2 Å². The summed E-state index contributed by atoms with van der Waals surface area (Å²) in [7, 11) is -1.70. The van der Waals surface area contributed by atoms with Crippen molar-refractivity contribution in [3.05, 3.63) is 0 Å². The molecule has 0 aromatic heterocycles. The van der Waals surface area contributed by atoms with Crippen LogP contribution in [0.5, 0.6) is 0 Å². The van der Waals surface area contributed by atoms with E-state index in [9.17, 15) is 8.42 Å². The molecule has 0 spiro atoms. The van der Waals surface area contributed by atoms with Crippen LogP contribution in [0.2, 0.25) is 0 Å². The largest absolute Gasteiger partial charge is 0.275 e. The van der Waals surface area contributed by atoms with Crippen LogP contribution in [0.1, 0.15) is 0 Å². The Hall–Kier alpha value is 0.870. The Kier molecular flexibility index (Phi) is 3.49. The highest BCUT2D eigenvalue weighted by atomic mass is 79.9. The molecule has 0 unspecified atom stereocenters. The van der Waals surface area contributed by atoms with E-state index in [2.05, 4.69) is 30.7 Å². The van der Waals surface area contributed by atoms with Gasteiger partial charge in [-0.05, 0) is 0 Å². The molecule has 0 aliphatic carbocycles. The molecule has 0 aromatic carbocycles. The van der Waals surface area contributed by atoms with Gasteiger partial charge >= 0.3 is 0 Å². The standard InChI is InChI=1S/C2H5Br2NO2S/c1-5(2-3)8(4,6)7/h2H2,1H3. The lowest BCUT2D eigenvalue weighted by molar-refractivity contribution is 0.534. The van der Waals surface area contributed by atoms with Gasteiger partial charge < -0.3 is 0 Å². The Morgan fingerprint density at radius 3 is 2.00 bits per heavy atom. The Labute approximate surface area is 64.4 Å². The summed E-state index contributed by atoms with van der Waals surface area (Å²) in [5, 5.41) is 0. The summed E-state index contributed by atoms with van der Waals surface area (Å²) in [6.45, 7) is 0. The van der Waals surface area contributed by atoms with Crippen LogP contribution in [0.25, 0.3) is 0 Å². The van der Waals surface area contributed by atoms with Crippen molar-refractivity contribution in [3.8, 4) is 0 Å². The third-order valence-electron chi connectivity index (χ3n) is 0.541. The summed E-state index contributed by atoms with van der Waals surface area (Å²) in [5.41, 5.74) is 0.306. The minimum absolute atomic E-state index is 0.306. The second kappa shape index (κ2) is 3.14. The van der Waals surface area contributed by atoms with Gasteiger partial charge in [-0.3, -0.25) is 0 Å². The van der Waals surface area contributed by atoms with Gasteiger partial charge in [0.2, 0.25) is 0 Å². The molecule has 0 aliphatic heterocycles. The van der Waals surface area contributed by atoms with E-state index in [0.29, 0.717) is 5.45 Å². The number of halogens is 2. The second-order valence-electron chi connectivity index (χ2n) is 1.16. The van der Waals surface area contributed by atoms with Crippen molar-refractivity contribution in [3.63, 3.8) is 0 Å². The average molecular weight is 267 g/mol. The van der Waals surface area contributed by atoms with Crippen molar-refractivity contribution < 1.29 is 8.42 Å². The van der Waals surface area contributed by atoms with E-state index in [-0.39, 0.29) is 0 Å². The molecular formula is C2H5Br2NO2S. The number of hydrogen-bond acceptors (Lipinski definition) is 2. The van der Waals surface area contributed by atoms with Crippen LogP contribution in [-0.2, 0) is 8.46 Å². The van der Waals surface area contributed by atoms with E-state index >= 15 is 0 Å². The molecule has 0 radical (unpaired) electrons. The first-order chi connectivity index (χ1) is 3.48. The highest BCUT2D eigenvalue weighted by Gasteiger charge is 2.09. The molecule has 0 saturated carbocycles. The van der Waals surface area contributed by atoms with Gasteiger partial charge in [-0.15, -0.1) is 0 Å². The second-order valence-corrected chi connectivity index (χ2v) is 5.56. The smallest absolute Gasteiger partial charge is 0.200 e. The maximum atomic E-state index is 10.4. The predicted octanol–water partition coefficient (Wildman–Crippen LogP) is 0.910. The minimum atomic E-state index is -3.15. The van der Waals surface area contributed by atoms with Crippen LogP contribution in [0.15, 0.2) is 0 Å². The Morgan fingerprint density at radius 2 is 2.00 bits per heavy atom. The van der Waals surface area contributed by atoms with Crippen LogP contribution in [0.4, 0.5) is 0 Å². The summed E-state index contributed by atoms with van der Waals surface area (Å²) >= 11 is 5.44. The molecule has 0 amide bonds. The zero-order chi connectivity index (χ0) is 6.78. The molecular weight excluding hydrogens is 262 g/mol. The quantitative estimate of drug-likeness (QED) is 0.423. The van der Waals surface area contributed by atoms with E-state index in [1.807, 2.05) is 0 Å². The van der Waals surface area contributed by atoms with Crippen molar-refractivity contribution in [2.24, 2.45) is 0 Å². The van der Waals surface area contributed by atoms with E-state index in [1.165, 1.54) is 7.05 Å². The summed E-state index contributed by atoms with van der Waals surface area (Å²) in [5.74, 6) is 0. The first-order valence-corrected chi connectivity index (χ1v) is 6.11. The molecule has 50 valence electrons. The molecule has 0 rings (SSSR count). The fourth-order valence-electron chi connectivity index (χ4n) is 0.0583. The molecule has 3 nitrogen and oxygen atoms in total. The third kappa shape index (κ3) is 3.01. The highest BCUT2D eigenvalue weighted by molar-refractivity contribution is 9.47. The molecule has 0 aromatic rings. The van der Waals surface area contributed by atoms with Crippen LogP contribution in [-0.4, -0.2) is 25.2 Å². The molecule has 0 aliphatic rings. The topological polar surface area (TPSA) is 37.4 Å². The van der Waals surface area contributed by atoms with Crippen molar-refractivity contribution in [2.45, 2.75) is 0 Å². The SMILES string of the molecule is CN(CBr)S(=O)(=O)Br. The maximum absolute atomic E-state index is 10.4. The lowest BCUT2D eigenvalue weighted by Crippen LogP contribution is -2.19. The normalized spacial score (nSPS) is 12.5. The molecule has 8 heavy (non-hydrogen) atoms. The zero-order valence-electron chi connectivity index (χ0n) is 4.13. The first-order valence-electron chi connectivity index (χ1n) is 1.70. The van der Waals surface area contributed by atoms with Crippen LogP contribution < -0.4 is 0 Å². The average Bonchev–Trinajstić information content (AvgIpc) is 1.62. The van der Waals surface area contributed by atoms with Crippen LogP contribution >= 0.6 is 30.7 Å². The van der Waals surface area contributed by atoms with Gasteiger partial charge in [-0.2, -0.15) is 4.31 Å². The number of alkyl halides is 1. The maximum Gasteiger partial charge on any atom is 0.275 e. The van der Waals surface area contributed by atoms with Gasteiger partial charge in [0.05, 0.1) is 20.3 Å². The number of hydrogen-bond donors (Lipinski definition) is 0. The lowest BCUT2D eigenvalue weighted by Gasteiger charge is -2.05. The van der Waals surface area contributed by atoms with Gasteiger partial charge in [0.1, 0.15) is 0 Å². The summed E-state index contributed by atoms with van der Waals surface area (Å²) in [6, 6.07) is 0. The molecule has 0 heterocycles. The Balaban J connectivity index is 4.04. The Morgan fingerprint density at radius 1 is 1.62 bits per heavy atom. The van der Waals surface area contributed by atoms with Crippen molar-refractivity contribution in [1.29, 1.82) is 0 Å². The van der Waals surface area contributed by atoms with E-state index in [1.54, 1.807) is 0 Å². The van der Waals surface area contributed by atoms with Crippen LogP contribution in [0.3, 0.4) is 0 Å². The van der Waals surface area contributed by atoms with Gasteiger partial charge in [0.15, 0.2) is 0 Å². The predicted molar refractivity (Wildman–Crippen MR) is 39.4 cm³/mol. The molecule has 0 atom stereocenters. The van der Waals surface area contributed by atoms with Crippen molar-refractivity contribution in [1.82, 2.24) is 4.31 Å². The van der Waals surface area contributed by atoms with E-state index in [4.69, 9.17) is 0 Å². The van der Waals surface area contributed by atoms with Gasteiger partial charge in [-0.25, -0.2) is 8.42 Å². The molecule has 6 heteroatoms. The fraction of sp³-hybridized carbons (Fsp3) is 1.00. The lowest BCUT2D eigenvalue weighted by atomic mass is 11.3. The molecule has 0 saturated heterocycles. The first kappa shape index (κ1) is 8.87. The summed E-state index contributed by atoms with van der Waals surface area (Å²) in [6.07, 6.45) is 0. The molecule has 0 fully saturated rings. The summed E-state index contributed by atoms with van der Waals surface area (Å²) in [4.78, 5) is 0. The Bertz CT molecular complexity index is 153. The summed E-state index contributed by atoms with van der Waals surface area (Å²) < 4.78 is 21.9. The molecule has 0 N–H and O–H groups in total. The van der Waals surface area contributed by atoms with E-state index in [0.717, 1.165) is 4.31 Å². The highest BCUT2D eigenvalue weighted by Crippen LogP contribution is 2.06. The monoisotopic (exact) mass is 265 g/mol. The zero-order valence-corrected chi connectivity index (χ0v) is 8.12. The number of rotatable bonds is 2. The van der Waals surface area contributed by atoms with E-state index < -0.39 is 8.46 Å². The molecule has 0 bridgehead atoms. The minimum Gasteiger partial charge on any atom is -0.200 e. The fourth-order valence-corrected chi connectivity index (χ4v) is 2.11. The van der Waals surface area contributed by atoms with Crippen LogP contribution in [0, 0.1) is 0 Å². The van der Waals surface area contributed by atoms with Gasteiger partial charge in [0, 0.05) is 7.05 Å².